The Balaban J connectivity index is 1.91. The lowest BCUT2D eigenvalue weighted by Gasteiger charge is -2.35. The Morgan fingerprint density at radius 2 is 1.88 bits per heavy atom. The van der Waals surface area contributed by atoms with E-state index in [0.717, 1.165) is 38.2 Å². The maximum Gasteiger partial charge on any atom is 0.315 e. The molecule has 6 heteroatoms. The van der Waals surface area contributed by atoms with Crippen LogP contribution < -0.4 is 15.5 Å². The van der Waals surface area contributed by atoms with Crippen molar-refractivity contribution < 1.29 is 9.90 Å². The van der Waals surface area contributed by atoms with Gasteiger partial charge in [-0.05, 0) is 31.0 Å². The number of amides is 2. The molecule has 1 fully saturated rings. The van der Waals surface area contributed by atoms with Crippen molar-refractivity contribution in [1.29, 1.82) is 0 Å². The number of likely N-dealkylation sites (N-methyl/N-ethyl adjacent to an activating group) is 1. The highest BCUT2D eigenvalue weighted by atomic mass is 16.3. The largest absolute Gasteiger partial charge is 0.394 e. The Bertz CT molecular complexity index is 542. The Labute approximate surface area is 151 Å². The Hall–Kier alpha value is -1.79. The van der Waals surface area contributed by atoms with Crippen LogP contribution in [0.1, 0.15) is 25.8 Å². The van der Waals surface area contributed by atoms with Crippen molar-refractivity contribution >= 4 is 11.7 Å². The minimum atomic E-state index is -0.229. The van der Waals surface area contributed by atoms with Gasteiger partial charge in [-0.15, -0.1) is 0 Å². The standard InChI is InChI=1S/C19H32N4O2/c1-15(2)12-17(14-24)21-19(25)20-13-16-6-4-5-7-18(16)23-10-8-22(3)9-11-23/h4-7,15,17,24H,8-14H2,1-3H3,(H2,20,21,25)/t17-/m1/s1. The number of hydrogen-bond acceptors (Lipinski definition) is 4. The van der Waals surface area contributed by atoms with Crippen LogP contribution in [0.4, 0.5) is 10.5 Å². The second-order valence-corrected chi connectivity index (χ2v) is 7.26. The molecular formula is C19H32N4O2. The number of carbonyl (C=O) groups excluding carboxylic acids is 1. The van der Waals surface area contributed by atoms with Crippen molar-refractivity contribution in [3.63, 3.8) is 0 Å². The smallest absolute Gasteiger partial charge is 0.315 e. The molecule has 1 aromatic rings. The van der Waals surface area contributed by atoms with Crippen LogP contribution in [-0.2, 0) is 6.54 Å². The number of benzene rings is 1. The predicted octanol–water partition coefficient (Wildman–Crippen LogP) is 1.64. The Kier molecular flexibility index (Phi) is 7.52. The first-order chi connectivity index (χ1) is 12.0. The van der Waals surface area contributed by atoms with E-state index in [1.165, 1.54) is 5.69 Å². The van der Waals surface area contributed by atoms with E-state index in [4.69, 9.17) is 0 Å². The summed E-state index contributed by atoms with van der Waals surface area (Å²) in [5.41, 5.74) is 2.31. The van der Waals surface area contributed by atoms with Crippen molar-refractivity contribution in [3.8, 4) is 0 Å². The van der Waals surface area contributed by atoms with Gasteiger partial charge in [0.1, 0.15) is 0 Å². The van der Waals surface area contributed by atoms with E-state index in [1.54, 1.807) is 0 Å². The number of piperazine rings is 1. The average molecular weight is 348 g/mol. The van der Waals surface area contributed by atoms with Crippen molar-refractivity contribution in [3.05, 3.63) is 29.8 Å². The first-order valence-electron chi connectivity index (χ1n) is 9.16. The summed E-state index contributed by atoms with van der Waals surface area (Å²) < 4.78 is 0. The van der Waals surface area contributed by atoms with Gasteiger partial charge in [0.2, 0.25) is 0 Å². The monoisotopic (exact) mass is 348 g/mol. The molecule has 0 aromatic heterocycles. The fourth-order valence-corrected chi connectivity index (χ4v) is 3.18. The number of nitrogens with one attached hydrogen (secondary N) is 2. The van der Waals surface area contributed by atoms with Crippen LogP contribution in [0.15, 0.2) is 24.3 Å². The highest BCUT2D eigenvalue weighted by molar-refractivity contribution is 5.74. The molecule has 1 saturated heterocycles. The van der Waals surface area contributed by atoms with E-state index in [1.807, 2.05) is 12.1 Å². The van der Waals surface area contributed by atoms with Gasteiger partial charge < -0.3 is 25.5 Å². The number of para-hydroxylation sites is 1. The summed E-state index contributed by atoms with van der Waals surface area (Å²) in [5, 5.41) is 15.2. The van der Waals surface area contributed by atoms with Gasteiger partial charge in [0.05, 0.1) is 12.6 Å². The van der Waals surface area contributed by atoms with Gasteiger partial charge in [-0.3, -0.25) is 0 Å². The molecule has 3 N–H and O–H groups in total. The van der Waals surface area contributed by atoms with Gasteiger partial charge in [-0.25, -0.2) is 4.79 Å². The van der Waals surface area contributed by atoms with Gasteiger partial charge in [0, 0.05) is 38.4 Å². The lowest BCUT2D eigenvalue weighted by molar-refractivity contribution is 0.206. The third-order valence-electron chi connectivity index (χ3n) is 4.59. The van der Waals surface area contributed by atoms with E-state index in [9.17, 15) is 9.90 Å². The zero-order chi connectivity index (χ0) is 18.2. The average Bonchev–Trinajstić information content (AvgIpc) is 2.60. The number of aliphatic hydroxyl groups is 1. The molecule has 6 nitrogen and oxygen atoms in total. The maximum absolute atomic E-state index is 12.1. The molecule has 140 valence electrons. The third kappa shape index (κ3) is 6.21. The number of nitrogens with zero attached hydrogens (tertiary/aromatic N) is 2. The predicted molar refractivity (Wildman–Crippen MR) is 102 cm³/mol. The summed E-state index contributed by atoms with van der Waals surface area (Å²) in [5.74, 6) is 0.426. The Morgan fingerprint density at radius 1 is 1.20 bits per heavy atom. The fourth-order valence-electron chi connectivity index (χ4n) is 3.18. The van der Waals surface area contributed by atoms with Gasteiger partial charge in [-0.2, -0.15) is 0 Å². The molecule has 1 aliphatic rings. The quantitative estimate of drug-likeness (QED) is 0.701. The minimum Gasteiger partial charge on any atom is -0.394 e. The maximum atomic E-state index is 12.1. The number of anilines is 1. The molecule has 0 unspecified atom stereocenters. The molecule has 0 saturated carbocycles. The first-order valence-corrected chi connectivity index (χ1v) is 9.16. The van der Waals surface area contributed by atoms with Gasteiger partial charge in [0.25, 0.3) is 0 Å². The normalized spacial score (nSPS) is 16.8. The van der Waals surface area contributed by atoms with E-state index in [2.05, 4.69) is 53.5 Å². The van der Waals surface area contributed by atoms with Gasteiger partial charge in [-0.1, -0.05) is 32.0 Å². The summed E-state index contributed by atoms with van der Waals surface area (Å²) in [6.07, 6.45) is 0.766. The zero-order valence-electron chi connectivity index (χ0n) is 15.7. The van der Waals surface area contributed by atoms with Crippen LogP contribution in [0.5, 0.6) is 0 Å². The number of hydrogen-bond donors (Lipinski definition) is 3. The van der Waals surface area contributed by atoms with Crippen LogP contribution in [0.2, 0.25) is 0 Å². The minimum absolute atomic E-state index is 0.0382. The topological polar surface area (TPSA) is 67.8 Å². The summed E-state index contributed by atoms with van der Waals surface area (Å²) in [6, 6.07) is 7.80. The van der Waals surface area contributed by atoms with Crippen LogP contribution in [0, 0.1) is 5.92 Å². The summed E-state index contributed by atoms with van der Waals surface area (Å²) in [4.78, 5) is 16.9. The molecule has 2 rings (SSSR count). The summed E-state index contributed by atoms with van der Waals surface area (Å²) in [6.45, 7) is 8.70. The van der Waals surface area contributed by atoms with E-state index in [0.29, 0.717) is 12.5 Å². The van der Waals surface area contributed by atoms with Gasteiger partial charge in [0.15, 0.2) is 0 Å². The highest BCUT2D eigenvalue weighted by Gasteiger charge is 2.17. The molecular weight excluding hydrogens is 316 g/mol. The van der Waals surface area contributed by atoms with Gasteiger partial charge >= 0.3 is 6.03 Å². The lowest BCUT2D eigenvalue weighted by atomic mass is 10.0. The van der Waals surface area contributed by atoms with Crippen molar-refractivity contribution in [2.45, 2.75) is 32.9 Å². The molecule has 0 aliphatic carbocycles. The molecule has 25 heavy (non-hydrogen) atoms. The van der Waals surface area contributed by atoms with E-state index in [-0.39, 0.29) is 18.7 Å². The molecule has 0 radical (unpaired) electrons. The fraction of sp³-hybridized carbons (Fsp3) is 0.632. The molecule has 1 aliphatic heterocycles. The van der Waals surface area contributed by atoms with Crippen molar-refractivity contribution in [2.24, 2.45) is 5.92 Å². The van der Waals surface area contributed by atoms with E-state index >= 15 is 0 Å². The third-order valence-corrected chi connectivity index (χ3v) is 4.59. The summed E-state index contributed by atoms with van der Waals surface area (Å²) >= 11 is 0. The van der Waals surface area contributed by atoms with E-state index < -0.39 is 0 Å². The van der Waals surface area contributed by atoms with Crippen molar-refractivity contribution in [1.82, 2.24) is 15.5 Å². The molecule has 1 atom stereocenters. The second-order valence-electron chi connectivity index (χ2n) is 7.26. The molecule has 1 heterocycles. The van der Waals surface area contributed by atoms with Crippen LogP contribution in [-0.4, -0.2) is 61.9 Å². The highest BCUT2D eigenvalue weighted by Crippen LogP contribution is 2.21. The Morgan fingerprint density at radius 3 is 2.52 bits per heavy atom. The zero-order valence-corrected chi connectivity index (χ0v) is 15.7. The lowest BCUT2D eigenvalue weighted by Crippen LogP contribution is -2.45. The van der Waals surface area contributed by atoms with Crippen LogP contribution in [0.25, 0.3) is 0 Å². The SMILES string of the molecule is CC(C)C[C@H](CO)NC(=O)NCc1ccccc1N1CCN(C)CC1. The summed E-state index contributed by atoms with van der Waals surface area (Å²) in [7, 11) is 2.14. The number of aliphatic hydroxyl groups excluding tert-OH is 1. The van der Waals surface area contributed by atoms with Crippen molar-refractivity contribution in [2.75, 3.05) is 44.7 Å². The molecule has 2 amide bonds. The molecule has 0 bridgehead atoms. The number of urea groups is 1. The number of rotatable bonds is 7. The first kappa shape index (κ1) is 19.5. The molecule has 1 aromatic carbocycles. The second kappa shape index (κ2) is 9.63. The molecule has 0 spiro atoms. The number of carbonyl (C=O) groups is 1. The van der Waals surface area contributed by atoms with Crippen LogP contribution >= 0.6 is 0 Å². The van der Waals surface area contributed by atoms with Crippen LogP contribution in [0.3, 0.4) is 0 Å².